The molecule has 3 fully saturated rings. The Labute approximate surface area is 172 Å². The molecule has 7 heteroatoms. The zero-order chi connectivity index (χ0) is 20.3. The maximum atomic E-state index is 12.9. The molecule has 1 aliphatic carbocycles. The number of imide groups is 1. The summed E-state index contributed by atoms with van der Waals surface area (Å²) in [5.74, 6) is -0.348. The molecule has 7 nitrogen and oxygen atoms in total. The average molecular weight is 399 g/mol. The quantitative estimate of drug-likeness (QED) is 0.787. The molecule has 1 spiro atoms. The molecule has 29 heavy (non-hydrogen) atoms. The van der Waals surface area contributed by atoms with E-state index in [1.165, 1.54) is 5.56 Å². The number of nitrogens with zero attached hydrogens (tertiary/aromatic N) is 3. The summed E-state index contributed by atoms with van der Waals surface area (Å²) in [4.78, 5) is 43.5. The van der Waals surface area contributed by atoms with E-state index in [9.17, 15) is 14.4 Å². The van der Waals surface area contributed by atoms with Crippen LogP contribution in [0.1, 0.15) is 44.1 Å². The second-order valence-corrected chi connectivity index (χ2v) is 8.46. The molecule has 1 saturated carbocycles. The van der Waals surface area contributed by atoms with Gasteiger partial charge in [0.05, 0.1) is 0 Å². The summed E-state index contributed by atoms with van der Waals surface area (Å²) in [7, 11) is 0. The molecule has 0 atom stereocenters. The summed E-state index contributed by atoms with van der Waals surface area (Å²) in [6.45, 7) is 3.75. The van der Waals surface area contributed by atoms with E-state index in [1.54, 1.807) is 4.90 Å². The van der Waals surface area contributed by atoms with Gasteiger partial charge in [-0.3, -0.25) is 19.4 Å². The Morgan fingerprint density at radius 3 is 2.45 bits per heavy atom. The Hall–Kier alpha value is -2.41. The Bertz CT molecular complexity index is 761. The fourth-order valence-electron chi connectivity index (χ4n) is 4.77. The standard InChI is InChI=1S/C22H30N4O3/c27-19(17-26-20(28)22(23-21(26)29)10-5-2-6-11-22)25-13-7-12-24(14-15-25)16-18-8-3-1-4-9-18/h1,3-4,8-9H,2,5-7,10-17H2,(H,23,29). The first-order valence-corrected chi connectivity index (χ1v) is 10.8. The van der Waals surface area contributed by atoms with Gasteiger partial charge in [0, 0.05) is 32.7 Å². The summed E-state index contributed by atoms with van der Waals surface area (Å²) >= 11 is 0. The molecule has 0 aromatic heterocycles. The van der Waals surface area contributed by atoms with Crippen LogP contribution in [0.4, 0.5) is 4.79 Å². The molecule has 1 aromatic rings. The molecule has 4 rings (SSSR count). The third-order valence-electron chi connectivity index (χ3n) is 6.44. The molecule has 2 heterocycles. The molecule has 1 aromatic carbocycles. The van der Waals surface area contributed by atoms with Gasteiger partial charge in [-0.15, -0.1) is 0 Å². The lowest BCUT2D eigenvalue weighted by Crippen LogP contribution is -2.49. The van der Waals surface area contributed by atoms with Crippen LogP contribution < -0.4 is 5.32 Å². The second kappa shape index (κ2) is 8.53. The first kappa shape index (κ1) is 19.9. The molecule has 3 aliphatic rings. The lowest BCUT2D eigenvalue weighted by molar-refractivity contribution is -0.139. The van der Waals surface area contributed by atoms with E-state index in [0.29, 0.717) is 25.9 Å². The van der Waals surface area contributed by atoms with Crippen LogP contribution in [0.2, 0.25) is 0 Å². The van der Waals surface area contributed by atoms with E-state index in [4.69, 9.17) is 0 Å². The summed E-state index contributed by atoms with van der Waals surface area (Å²) < 4.78 is 0. The number of carbonyl (C=O) groups is 3. The van der Waals surface area contributed by atoms with Gasteiger partial charge in [0.1, 0.15) is 12.1 Å². The van der Waals surface area contributed by atoms with Crippen LogP contribution in [0.25, 0.3) is 0 Å². The third-order valence-corrected chi connectivity index (χ3v) is 6.44. The molecule has 0 radical (unpaired) electrons. The van der Waals surface area contributed by atoms with Crippen molar-refractivity contribution in [1.29, 1.82) is 0 Å². The van der Waals surface area contributed by atoms with Gasteiger partial charge >= 0.3 is 6.03 Å². The summed E-state index contributed by atoms with van der Waals surface area (Å²) in [6.07, 6.45) is 5.23. The first-order valence-electron chi connectivity index (χ1n) is 10.8. The van der Waals surface area contributed by atoms with Crippen LogP contribution in [0.3, 0.4) is 0 Å². The molecule has 2 saturated heterocycles. The Morgan fingerprint density at radius 1 is 0.931 bits per heavy atom. The Morgan fingerprint density at radius 2 is 1.69 bits per heavy atom. The SMILES string of the molecule is O=C(CN1C(=O)NC2(CCCCC2)C1=O)N1CCCN(Cc2ccccc2)CC1. The Balaban J connectivity index is 1.33. The highest BCUT2D eigenvalue weighted by Gasteiger charge is 2.51. The molecular weight excluding hydrogens is 368 g/mol. The maximum absolute atomic E-state index is 12.9. The third kappa shape index (κ3) is 4.29. The van der Waals surface area contributed by atoms with Crippen molar-refractivity contribution in [2.24, 2.45) is 0 Å². The van der Waals surface area contributed by atoms with Crippen molar-refractivity contribution in [3.8, 4) is 0 Å². The van der Waals surface area contributed by atoms with Gasteiger partial charge in [-0.25, -0.2) is 4.79 Å². The van der Waals surface area contributed by atoms with E-state index in [1.807, 2.05) is 18.2 Å². The van der Waals surface area contributed by atoms with Crippen molar-refractivity contribution in [3.05, 3.63) is 35.9 Å². The topological polar surface area (TPSA) is 73.0 Å². The average Bonchev–Trinajstić information content (AvgIpc) is 2.89. The van der Waals surface area contributed by atoms with Crippen LogP contribution in [-0.4, -0.2) is 70.8 Å². The minimum absolute atomic E-state index is 0.136. The van der Waals surface area contributed by atoms with E-state index in [0.717, 1.165) is 50.2 Å². The largest absolute Gasteiger partial charge is 0.340 e. The number of benzene rings is 1. The molecule has 0 unspecified atom stereocenters. The van der Waals surface area contributed by atoms with Crippen LogP contribution in [0, 0.1) is 0 Å². The summed E-state index contributed by atoms with van der Waals surface area (Å²) in [5, 5.41) is 2.88. The van der Waals surface area contributed by atoms with Crippen molar-refractivity contribution >= 4 is 17.8 Å². The number of nitrogens with one attached hydrogen (secondary N) is 1. The highest BCUT2D eigenvalue weighted by molar-refractivity contribution is 6.09. The number of urea groups is 1. The van der Waals surface area contributed by atoms with Gasteiger partial charge in [-0.05, 0) is 24.8 Å². The minimum atomic E-state index is -0.763. The van der Waals surface area contributed by atoms with Gasteiger partial charge in [0.25, 0.3) is 5.91 Å². The fraction of sp³-hybridized carbons (Fsp3) is 0.591. The van der Waals surface area contributed by atoms with Gasteiger partial charge in [0.2, 0.25) is 5.91 Å². The summed E-state index contributed by atoms with van der Waals surface area (Å²) in [5.41, 5.74) is 0.505. The number of rotatable bonds is 4. The van der Waals surface area contributed by atoms with Crippen molar-refractivity contribution in [2.75, 3.05) is 32.7 Å². The summed E-state index contributed by atoms with van der Waals surface area (Å²) in [6, 6.07) is 9.92. The van der Waals surface area contributed by atoms with Crippen LogP contribution in [0.15, 0.2) is 30.3 Å². The van der Waals surface area contributed by atoms with E-state index in [-0.39, 0.29) is 18.4 Å². The van der Waals surface area contributed by atoms with Crippen molar-refractivity contribution in [2.45, 2.75) is 50.6 Å². The maximum Gasteiger partial charge on any atom is 0.325 e. The number of hydrogen-bond donors (Lipinski definition) is 1. The number of hydrogen-bond acceptors (Lipinski definition) is 4. The van der Waals surface area contributed by atoms with Gasteiger partial charge < -0.3 is 10.2 Å². The highest BCUT2D eigenvalue weighted by atomic mass is 16.2. The van der Waals surface area contributed by atoms with Crippen LogP contribution >= 0.6 is 0 Å². The van der Waals surface area contributed by atoms with E-state index < -0.39 is 11.6 Å². The van der Waals surface area contributed by atoms with Gasteiger partial charge in [0.15, 0.2) is 0 Å². The van der Waals surface area contributed by atoms with Gasteiger partial charge in [-0.2, -0.15) is 0 Å². The van der Waals surface area contributed by atoms with Gasteiger partial charge in [-0.1, -0.05) is 49.6 Å². The lowest BCUT2D eigenvalue weighted by atomic mass is 9.82. The second-order valence-electron chi connectivity index (χ2n) is 8.46. The smallest absolute Gasteiger partial charge is 0.325 e. The minimum Gasteiger partial charge on any atom is -0.340 e. The Kier molecular flexibility index (Phi) is 5.85. The van der Waals surface area contributed by atoms with E-state index >= 15 is 0 Å². The highest BCUT2D eigenvalue weighted by Crippen LogP contribution is 2.33. The molecule has 1 N–H and O–H groups in total. The van der Waals surface area contributed by atoms with Crippen molar-refractivity contribution in [1.82, 2.24) is 20.0 Å². The molecular formula is C22H30N4O3. The zero-order valence-electron chi connectivity index (χ0n) is 16.9. The molecule has 4 amide bonds. The van der Waals surface area contributed by atoms with E-state index in [2.05, 4.69) is 22.3 Å². The zero-order valence-corrected chi connectivity index (χ0v) is 16.9. The molecule has 2 aliphatic heterocycles. The molecule has 0 bridgehead atoms. The lowest BCUT2D eigenvalue weighted by Gasteiger charge is -2.30. The molecule has 156 valence electrons. The normalized spacial score (nSPS) is 22.6. The first-order chi connectivity index (χ1) is 14.1. The number of carbonyl (C=O) groups excluding carboxylic acids is 3. The predicted octanol–water partition coefficient (Wildman–Crippen LogP) is 1.98. The van der Waals surface area contributed by atoms with Crippen LogP contribution in [0.5, 0.6) is 0 Å². The van der Waals surface area contributed by atoms with Crippen molar-refractivity contribution < 1.29 is 14.4 Å². The fourth-order valence-corrected chi connectivity index (χ4v) is 4.77. The predicted molar refractivity (Wildman–Crippen MR) is 109 cm³/mol. The number of amides is 4. The van der Waals surface area contributed by atoms with Crippen LogP contribution in [-0.2, 0) is 16.1 Å². The van der Waals surface area contributed by atoms with Crippen molar-refractivity contribution in [3.63, 3.8) is 0 Å². The monoisotopic (exact) mass is 398 g/mol.